The summed E-state index contributed by atoms with van der Waals surface area (Å²) in [6.07, 6.45) is 5.76. The number of amides is 1. The van der Waals surface area contributed by atoms with Crippen LogP contribution in [0.2, 0.25) is 0 Å². The molecule has 3 aromatic carbocycles. The lowest BCUT2D eigenvalue weighted by Gasteiger charge is -2.33. The van der Waals surface area contributed by atoms with Crippen molar-refractivity contribution in [2.24, 2.45) is 0 Å². The first-order valence-corrected chi connectivity index (χ1v) is 15.3. The van der Waals surface area contributed by atoms with Crippen molar-refractivity contribution in [3.63, 3.8) is 0 Å². The van der Waals surface area contributed by atoms with Crippen LogP contribution < -0.4 is 5.32 Å². The van der Waals surface area contributed by atoms with Gasteiger partial charge in [-0.05, 0) is 54.7 Å². The molecule has 0 atom stereocenters. The highest BCUT2D eigenvalue weighted by atomic mass is 79.9. The van der Waals surface area contributed by atoms with E-state index in [0.717, 1.165) is 43.0 Å². The summed E-state index contributed by atoms with van der Waals surface area (Å²) in [7, 11) is -3.69. The molecule has 0 heterocycles. The zero-order chi connectivity index (χ0) is 26.1. The van der Waals surface area contributed by atoms with Crippen LogP contribution >= 0.6 is 15.9 Å². The van der Waals surface area contributed by atoms with E-state index in [2.05, 4.69) is 45.5 Å². The predicted octanol–water partition coefficient (Wildman–Crippen LogP) is 6.50. The molecule has 196 valence electrons. The maximum absolute atomic E-state index is 13.6. The fourth-order valence-electron chi connectivity index (χ4n) is 5.16. The summed E-state index contributed by atoms with van der Waals surface area (Å²) in [5.74, 6) is 0.0610. The van der Waals surface area contributed by atoms with Crippen LogP contribution in [0.1, 0.15) is 62.0 Å². The van der Waals surface area contributed by atoms with Crippen molar-refractivity contribution < 1.29 is 13.2 Å². The van der Waals surface area contributed by atoms with E-state index >= 15 is 0 Å². The molecule has 0 saturated heterocycles. The smallest absolute Gasteiger partial charge is 0.243 e. The summed E-state index contributed by atoms with van der Waals surface area (Å²) < 4.78 is 29.5. The third-order valence-corrected chi connectivity index (χ3v) is 9.62. The van der Waals surface area contributed by atoms with E-state index in [4.69, 9.17) is 0 Å². The van der Waals surface area contributed by atoms with Crippen molar-refractivity contribution in [1.82, 2.24) is 9.62 Å². The molecule has 4 rings (SSSR count). The molecule has 1 aliphatic carbocycles. The molecule has 5 nitrogen and oxygen atoms in total. The van der Waals surface area contributed by atoms with Gasteiger partial charge in [-0.25, -0.2) is 8.42 Å². The van der Waals surface area contributed by atoms with Crippen molar-refractivity contribution in [1.29, 1.82) is 0 Å². The minimum Gasteiger partial charge on any atom is -0.356 e. The third kappa shape index (κ3) is 7.53. The van der Waals surface area contributed by atoms with E-state index in [0.29, 0.717) is 6.54 Å². The van der Waals surface area contributed by atoms with Gasteiger partial charge in [-0.15, -0.1) is 0 Å². The number of nitrogens with one attached hydrogen (secondary N) is 1. The molecule has 0 spiro atoms. The molecule has 0 unspecified atom stereocenters. The van der Waals surface area contributed by atoms with Crippen LogP contribution in [-0.2, 0) is 14.8 Å². The van der Waals surface area contributed by atoms with E-state index < -0.39 is 10.0 Å². The molecule has 1 aliphatic rings. The highest BCUT2D eigenvalue weighted by Crippen LogP contribution is 2.29. The van der Waals surface area contributed by atoms with Crippen molar-refractivity contribution in [2.75, 3.05) is 13.1 Å². The average Bonchev–Trinajstić information content (AvgIpc) is 2.93. The fraction of sp³-hybridized carbons (Fsp3) is 0.367. The van der Waals surface area contributed by atoms with Crippen molar-refractivity contribution in [2.45, 2.75) is 61.8 Å². The normalized spacial score (nSPS) is 14.7. The predicted molar refractivity (Wildman–Crippen MR) is 152 cm³/mol. The van der Waals surface area contributed by atoms with Gasteiger partial charge >= 0.3 is 0 Å². The Morgan fingerprint density at radius 1 is 0.865 bits per heavy atom. The highest BCUT2D eigenvalue weighted by Gasteiger charge is 2.32. The maximum Gasteiger partial charge on any atom is 0.243 e. The molecule has 1 N–H and O–H groups in total. The van der Waals surface area contributed by atoms with Crippen LogP contribution in [0, 0.1) is 0 Å². The van der Waals surface area contributed by atoms with Crippen LogP contribution in [-0.4, -0.2) is 37.8 Å². The van der Waals surface area contributed by atoms with Gasteiger partial charge in [0.2, 0.25) is 15.9 Å². The first-order valence-electron chi connectivity index (χ1n) is 13.1. The molecule has 37 heavy (non-hydrogen) atoms. The van der Waals surface area contributed by atoms with Crippen LogP contribution in [0.15, 0.2) is 94.3 Å². The summed E-state index contributed by atoms with van der Waals surface area (Å²) in [4.78, 5) is 13.1. The molecule has 0 bridgehead atoms. The van der Waals surface area contributed by atoms with Gasteiger partial charge in [-0.3, -0.25) is 4.79 Å². The van der Waals surface area contributed by atoms with Gasteiger partial charge in [0.25, 0.3) is 0 Å². The SMILES string of the molecule is O=C(CCN(C1CCCCC1)S(=O)(=O)c1ccc(Br)cc1)NCCC(c1ccccc1)c1ccccc1. The topological polar surface area (TPSA) is 66.5 Å². The molecule has 1 amide bonds. The monoisotopic (exact) mass is 582 g/mol. The molecule has 7 heteroatoms. The van der Waals surface area contributed by atoms with Crippen LogP contribution in [0.4, 0.5) is 0 Å². The Morgan fingerprint density at radius 2 is 1.43 bits per heavy atom. The minimum atomic E-state index is -3.69. The third-order valence-electron chi connectivity index (χ3n) is 7.12. The molecule has 1 fully saturated rings. The molecule has 3 aromatic rings. The maximum atomic E-state index is 13.6. The largest absolute Gasteiger partial charge is 0.356 e. The number of rotatable bonds is 11. The number of halogens is 1. The van der Waals surface area contributed by atoms with Crippen LogP contribution in [0.25, 0.3) is 0 Å². The zero-order valence-corrected chi connectivity index (χ0v) is 23.5. The number of nitrogens with zero attached hydrogens (tertiary/aromatic N) is 1. The summed E-state index contributed by atoms with van der Waals surface area (Å²) in [5, 5.41) is 3.04. The standard InChI is InChI=1S/C30H35BrN2O3S/c31-26-16-18-28(19-17-26)37(35,36)33(27-14-8-3-9-15-27)23-21-30(34)32-22-20-29(24-10-4-1-5-11-24)25-12-6-2-7-13-25/h1-2,4-7,10-13,16-19,27,29H,3,8-9,14-15,20-23H2,(H,32,34). The second-order valence-electron chi connectivity index (χ2n) is 9.62. The lowest BCUT2D eigenvalue weighted by molar-refractivity contribution is -0.121. The van der Waals surface area contributed by atoms with Gasteiger partial charge in [-0.1, -0.05) is 95.9 Å². The zero-order valence-electron chi connectivity index (χ0n) is 21.1. The summed E-state index contributed by atoms with van der Waals surface area (Å²) in [6, 6.07) is 27.3. The molecular formula is C30H35BrN2O3S. The van der Waals surface area contributed by atoms with E-state index in [1.54, 1.807) is 28.6 Å². The van der Waals surface area contributed by atoms with Gasteiger partial charge in [0.1, 0.15) is 0 Å². The summed E-state index contributed by atoms with van der Waals surface area (Å²) >= 11 is 3.38. The Labute approximate surface area is 229 Å². The Balaban J connectivity index is 1.39. The number of hydrogen-bond donors (Lipinski definition) is 1. The van der Waals surface area contributed by atoms with Crippen molar-refractivity contribution >= 4 is 31.9 Å². The highest BCUT2D eigenvalue weighted by molar-refractivity contribution is 9.10. The van der Waals surface area contributed by atoms with Crippen LogP contribution in [0.3, 0.4) is 0 Å². The van der Waals surface area contributed by atoms with Gasteiger partial charge in [0, 0.05) is 35.9 Å². The number of hydrogen-bond acceptors (Lipinski definition) is 3. The summed E-state index contributed by atoms with van der Waals surface area (Å²) in [6.45, 7) is 0.714. The van der Waals surface area contributed by atoms with Crippen molar-refractivity contribution in [3.8, 4) is 0 Å². The Bertz CT molecular complexity index is 1190. The van der Waals surface area contributed by atoms with Crippen molar-refractivity contribution in [3.05, 3.63) is 101 Å². The van der Waals surface area contributed by atoms with Gasteiger partial charge in [-0.2, -0.15) is 4.31 Å². The molecule has 0 aromatic heterocycles. The number of benzene rings is 3. The second-order valence-corrected chi connectivity index (χ2v) is 12.4. The van der Waals surface area contributed by atoms with E-state index in [1.807, 2.05) is 36.4 Å². The first kappa shape index (κ1) is 27.6. The average molecular weight is 584 g/mol. The number of sulfonamides is 1. The summed E-state index contributed by atoms with van der Waals surface area (Å²) in [5.41, 5.74) is 2.43. The molecular weight excluding hydrogens is 548 g/mol. The van der Waals surface area contributed by atoms with Crippen LogP contribution in [0.5, 0.6) is 0 Å². The van der Waals surface area contributed by atoms with E-state index in [9.17, 15) is 13.2 Å². The Morgan fingerprint density at radius 3 is 2.00 bits per heavy atom. The molecule has 0 radical (unpaired) electrons. The first-order chi connectivity index (χ1) is 17.9. The lowest BCUT2D eigenvalue weighted by Crippen LogP contribution is -2.43. The van der Waals surface area contributed by atoms with E-state index in [1.165, 1.54) is 11.1 Å². The minimum absolute atomic E-state index is 0.0595. The Kier molecular flexibility index (Phi) is 9.95. The van der Waals surface area contributed by atoms with E-state index in [-0.39, 0.29) is 35.7 Å². The quantitative estimate of drug-likeness (QED) is 0.280. The fourth-order valence-corrected chi connectivity index (χ4v) is 7.11. The van der Waals surface area contributed by atoms with Gasteiger partial charge in [0.05, 0.1) is 4.90 Å². The molecule has 0 aliphatic heterocycles. The Hall–Kier alpha value is -2.48. The molecule has 1 saturated carbocycles. The lowest BCUT2D eigenvalue weighted by atomic mass is 9.88. The number of carbonyl (C=O) groups excluding carboxylic acids is 1. The number of carbonyl (C=O) groups is 1. The van der Waals surface area contributed by atoms with Gasteiger partial charge in [0.15, 0.2) is 0 Å². The second kappa shape index (κ2) is 13.4. The van der Waals surface area contributed by atoms with Gasteiger partial charge < -0.3 is 5.32 Å².